The minimum Gasteiger partial charge on any atom is -0.0546 e. The predicted molar refractivity (Wildman–Crippen MR) is 92.4 cm³/mol. The lowest BCUT2D eigenvalue weighted by molar-refractivity contribution is 1.19. The van der Waals surface area contributed by atoms with Crippen LogP contribution in [0, 0.1) is 6.92 Å². The molecule has 0 aromatic heterocycles. The number of benzene rings is 1. The predicted octanol–water partition coefficient (Wildman–Crippen LogP) is 6.65. The van der Waals surface area contributed by atoms with Gasteiger partial charge in [0.15, 0.2) is 4.29 Å². The Hall–Kier alpha value is 2.10. The Morgan fingerprint density at radius 1 is 0.812 bits per heavy atom. The van der Waals surface area contributed by atoms with Crippen molar-refractivity contribution in [1.82, 2.24) is 0 Å². The fraction of sp³-hybridized carbons (Fsp3) is 0.300. The van der Waals surface area contributed by atoms with Crippen LogP contribution in [0.15, 0.2) is 18.2 Å². The van der Waals surface area contributed by atoms with Crippen LogP contribution < -0.4 is 0 Å². The first-order valence-electron chi connectivity index (χ1n) is 4.22. The average molecular weight is 607 g/mol. The molecule has 0 bridgehead atoms. The molecule has 0 heterocycles. The first-order chi connectivity index (χ1) is 7.14. The van der Waals surface area contributed by atoms with E-state index in [-0.39, 0.29) is 0 Å². The molecule has 0 aliphatic carbocycles. The lowest BCUT2D eigenvalue weighted by atomic mass is 10.1. The van der Waals surface area contributed by atoms with Crippen molar-refractivity contribution in [2.24, 2.45) is 0 Å². The molecule has 1 aromatic carbocycles. The second-order valence-corrected chi connectivity index (χ2v) is 16.7. The van der Waals surface area contributed by atoms with Crippen LogP contribution in [0.5, 0.6) is 0 Å². The molecule has 0 atom stereocenters. The molecule has 1 rings (SSSR count). The van der Waals surface area contributed by atoms with Gasteiger partial charge < -0.3 is 0 Å². The maximum Gasteiger partial charge on any atom is 0.159 e. The summed E-state index contributed by atoms with van der Waals surface area (Å²) in [5.74, 6) is 0. The molecular formula is C10H7Br6. The third kappa shape index (κ3) is 4.65. The second kappa shape index (κ2) is 6.04. The molecule has 0 unspecified atom stereocenters. The summed E-state index contributed by atoms with van der Waals surface area (Å²) in [5, 5.41) is 0. The first-order valence-corrected chi connectivity index (χ1v) is 8.98. The average Bonchev–Trinajstić information content (AvgIpc) is 2.14. The fourth-order valence-electron chi connectivity index (χ4n) is 1.16. The van der Waals surface area contributed by atoms with Gasteiger partial charge in [0.1, 0.15) is 0 Å². The number of alkyl halides is 6. The molecule has 89 valence electrons. The summed E-state index contributed by atoms with van der Waals surface area (Å²) in [6, 6.07) is 6.25. The summed E-state index contributed by atoms with van der Waals surface area (Å²) in [5.41, 5.74) is 3.32. The molecule has 1 aromatic rings. The number of hydrogen-bond acceptors (Lipinski definition) is 0. The van der Waals surface area contributed by atoms with Crippen molar-refractivity contribution in [3.63, 3.8) is 0 Å². The Morgan fingerprint density at radius 2 is 1.19 bits per heavy atom. The molecule has 0 aliphatic heterocycles. The Balaban J connectivity index is 3.33. The first kappa shape index (κ1) is 16.2. The molecule has 0 fully saturated rings. The van der Waals surface area contributed by atoms with Gasteiger partial charge in [-0.25, -0.2) is 0 Å². The minimum atomic E-state index is -0.412. The van der Waals surface area contributed by atoms with Crippen LogP contribution in [-0.4, -0.2) is 0 Å². The van der Waals surface area contributed by atoms with Crippen molar-refractivity contribution in [3.05, 3.63) is 41.8 Å². The van der Waals surface area contributed by atoms with E-state index in [9.17, 15) is 0 Å². The van der Waals surface area contributed by atoms with E-state index in [1.165, 1.54) is 0 Å². The topological polar surface area (TPSA) is 0 Å². The second-order valence-electron chi connectivity index (χ2n) is 3.16. The van der Waals surface area contributed by atoms with E-state index < -0.39 is 4.29 Å². The molecule has 0 amide bonds. The SMILES string of the molecule is [CH2]Cc1cc(C(Br)(Br)Br)cc(C(Br)(Br)Br)c1. The number of rotatable bonds is 1. The lowest BCUT2D eigenvalue weighted by Gasteiger charge is -2.19. The summed E-state index contributed by atoms with van der Waals surface area (Å²) < 4.78 is -0.823. The smallest absolute Gasteiger partial charge is 0.0546 e. The molecule has 1 radical (unpaired) electrons. The standard InChI is InChI=1S/C10H7Br6/c1-2-6-3-7(9(11,12)13)5-8(4-6)10(14,15)16/h3-5H,1-2H2. The molecule has 0 spiro atoms. The summed E-state index contributed by atoms with van der Waals surface area (Å²) >= 11 is 21.1. The van der Waals surface area contributed by atoms with Gasteiger partial charge in [-0.2, -0.15) is 0 Å². The third-order valence-electron chi connectivity index (χ3n) is 1.94. The fourth-order valence-corrected chi connectivity index (χ4v) is 2.54. The summed E-state index contributed by atoms with van der Waals surface area (Å²) in [7, 11) is 0. The van der Waals surface area contributed by atoms with Crippen LogP contribution in [0.25, 0.3) is 0 Å². The van der Waals surface area contributed by atoms with E-state index in [1.807, 2.05) is 0 Å². The van der Waals surface area contributed by atoms with E-state index in [2.05, 4.69) is 121 Å². The Labute approximate surface area is 146 Å². The lowest BCUT2D eigenvalue weighted by Crippen LogP contribution is -2.05. The maximum atomic E-state index is 3.91. The van der Waals surface area contributed by atoms with Gasteiger partial charge in [0.05, 0.1) is 0 Å². The normalized spacial score (nSPS) is 12.9. The van der Waals surface area contributed by atoms with Crippen molar-refractivity contribution in [2.45, 2.75) is 10.7 Å². The van der Waals surface area contributed by atoms with Gasteiger partial charge in [0, 0.05) is 0 Å². The van der Waals surface area contributed by atoms with Gasteiger partial charge in [0.2, 0.25) is 0 Å². The Bertz CT molecular complexity index is 342. The van der Waals surface area contributed by atoms with E-state index in [4.69, 9.17) is 0 Å². The third-order valence-corrected chi connectivity index (χ3v) is 4.68. The molecular weight excluding hydrogens is 600 g/mol. The van der Waals surface area contributed by atoms with Crippen molar-refractivity contribution < 1.29 is 0 Å². The maximum absolute atomic E-state index is 3.91. The van der Waals surface area contributed by atoms with Crippen LogP contribution >= 0.6 is 95.6 Å². The summed E-state index contributed by atoms with van der Waals surface area (Å²) in [6.45, 7) is 3.91. The zero-order valence-corrected chi connectivity index (χ0v) is 17.4. The highest BCUT2D eigenvalue weighted by molar-refractivity contribution is 9.39. The molecule has 0 N–H and O–H groups in total. The quantitative estimate of drug-likeness (QED) is 0.314. The monoisotopic (exact) mass is 601 g/mol. The largest absolute Gasteiger partial charge is 0.159 e. The van der Waals surface area contributed by atoms with Crippen LogP contribution in [-0.2, 0) is 10.7 Å². The van der Waals surface area contributed by atoms with E-state index >= 15 is 0 Å². The highest BCUT2D eigenvalue weighted by atomic mass is 80.0. The van der Waals surface area contributed by atoms with Gasteiger partial charge in [-0.15, -0.1) is 0 Å². The highest BCUT2D eigenvalue weighted by Gasteiger charge is 2.26. The summed E-state index contributed by atoms with van der Waals surface area (Å²) in [6.07, 6.45) is 0.743. The van der Waals surface area contributed by atoms with Crippen LogP contribution in [0.1, 0.15) is 16.7 Å². The van der Waals surface area contributed by atoms with Crippen LogP contribution in [0.3, 0.4) is 0 Å². The van der Waals surface area contributed by atoms with Crippen molar-refractivity contribution >= 4 is 95.6 Å². The summed E-state index contributed by atoms with van der Waals surface area (Å²) in [4.78, 5) is 0. The molecule has 0 nitrogen and oxygen atoms in total. The number of hydrogen-bond donors (Lipinski definition) is 0. The Kier molecular flexibility index (Phi) is 6.09. The van der Waals surface area contributed by atoms with Crippen molar-refractivity contribution in [1.29, 1.82) is 0 Å². The van der Waals surface area contributed by atoms with E-state index in [1.54, 1.807) is 0 Å². The van der Waals surface area contributed by atoms with Crippen LogP contribution in [0.4, 0.5) is 0 Å². The van der Waals surface area contributed by atoms with Gasteiger partial charge in [-0.05, 0) is 36.1 Å². The van der Waals surface area contributed by atoms with Gasteiger partial charge >= 0.3 is 0 Å². The molecule has 6 heteroatoms. The van der Waals surface area contributed by atoms with Crippen LogP contribution in [0.2, 0.25) is 0 Å². The molecule has 16 heavy (non-hydrogen) atoms. The molecule has 0 aliphatic rings. The minimum absolute atomic E-state index is 0.412. The van der Waals surface area contributed by atoms with E-state index in [0.29, 0.717) is 0 Å². The van der Waals surface area contributed by atoms with Crippen molar-refractivity contribution in [3.8, 4) is 0 Å². The number of halogens is 6. The van der Waals surface area contributed by atoms with Crippen molar-refractivity contribution in [2.75, 3.05) is 0 Å². The Morgan fingerprint density at radius 3 is 1.44 bits per heavy atom. The van der Waals surface area contributed by atoms with Gasteiger partial charge in [-0.1, -0.05) is 108 Å². The van der Waals surface area contributed by atoms with Gasteiger partial charge in [0.25, 0.3) is 0 Å². The van der Waals surface area contributed by atoms with E-state index in [0.717, 1.165) is 23.1 Å². The molecule has 0 saturated heterocycles. The zero-order valence-electron chi connectivity index (χ0n) is 7.91. The van der Waals surface area contributed by atoms with Gasteiger partial charge in [-0.3, -0.25) is 0 Å². The molecule has 0 saturated carbocycles. The highest BCUT2D eigenvalue weighted by Crippen LogP contribution is 2.49. The zero-order chi connectivity index (χ0) is 12.6.